The molecule has 1 aromatic rings. The number of aliphatic hydroxyl groups excluding tert-OH is 1. The summed E-state index contributed by atoms with van der Waals surface area (Å²) in [6.07, 6.45) is 1.58. The highest BCUT2D eigenvalue weighted by molar-refractivity contribution is 5.59. The maximum Gasteiger partial charge on any atom is 0.110 e. The van der Waals surface area contributed by atoms with Crippen LogP contribution in [-0.4, -0.2) is 27.1 Å². The van der Waals surface area contributed by atoms with Gasteiger partial charge in [-0.15, -0.1) is 5.10 Å². The molecule has 4 heteroatoms. The van der Waals surface area contributed by atoms with Gasteiger partial charge < -0.3 is 5.11 Å². The predicted molar refractivity (Wildman–Crippen MR) is 32.5 cm³/mol. The number of nitrogens with zero attached hydrogens (tertiary/aromatic N) is 2. The van der Waals surface area contributed by atoms with E-state index in [0.29, 0.717) is 11.3 Å². The summed E-state index contributed by atoms with van der Waals surface area (Å²) in [5.41, 5.74) is 1.18. The maximum atomic E-state index is 8.53. The van der Waals surface area contributed by atoms with E-state index in [1.54, 1.807) is 6.20 Å². The molecule has 0 saturated heterocycles. The van der Waals surface area contributed by atoms with Crippen LogP contribution in [0.3, 0.4) is 0 Å². The topological polar surface area (TPSA) is 61.8 Å². The second-order valence-electron chi connectivity index (χ2n) is 1.62. The molecule has 0 aliphatic rings. The van der Waals surface area contributed by atoms with E-state index < -0.39 is 0 Å². The van der Waals surface area contributed by atoms with Gasteiger partial charge in [0.05, 0.1) is 6.61 Å². The molecule has 0 atom stereocenters. The fourth-order valence-electron chi connectivity index (χ4n) is 0.455. The number of hydrogen-bond donors (Lipinski definition) is 2. The minimum Gasteiger partial charge on any atom is -0.392 e. The van der Waals surface area contributed by atoms with Crippen LogP contribution in [0.5, 0.6) is 0 Å². The van der Waals surface area contributed by atoms with E-state index in [9.17, 15) is 0 Å². The lowest BCUT2D eigenvalue weighted by molar-refractivity contribution is 0.350. The normalized spacial score (nSPS) is 9.44. The van der Waals surface area contributed by atoms with Gasteiger partial charge in [0.2, 0.25) is 0 Å². The number of rotatable bonds is 2. The Morgan fingerprint density at radius 2 is 2.67 bits per heavy atom. The predicted octanol–water partition coefficient (Wildman–Crippen LogP) is -0.190. The molecule has 1 rings (SSSR count). The zero-order valence-corrected chi connectivity index (χ0v) is 4.83. The van der Waals surface area contributed by atoms with Crippen molar-refractivity contribution >= 4 is 5.57 Å². The Kier molecular flexibility index (Phi) is 1.60. The number of aromatic amines is 1. The second-order valence-corrected chi connectivity index (χ2v) is 1.62. The number of aliphatic hydroxyl groups is 1. The Labute approximate surface area is 52.2 Å². The lowest BCUT2D eigenvalue weighted by Crippen LogP contribution is -1.87. The van der Waals surface area contributed by atoms with Crippen LogP contribution in [0.4, 0.5) is 0 Å². The smallest absolute Gasteiger partial charge is 0.110 e. The molecule has 0 fully saturated rings. The van der Waals surface area contributed by atoms with E-state index in [4.69, 9.17) is 5.11 Å². The Balaban J connectivity index is 2.77. The van der Waals surface area contributed by atoms with Gasteiger partial charge in [-0.2, -0.15) is 0 Å². The van der Waals surface area contributed by atoms with Crippen LogP contribution in [0.1, 0.15) is 5.69 Å². The maximum absolute atomic E-state index is 8.53. The molecule has 0 bridgehead atoms. The highest BCUT2D eigenvalue weighted by Crippen LogP contribution is 2.03. The summed E-state index contributed by atoms with van der Waals surface area (Å²) >= 11 is 0. The SMILES string of the molecule is C=C(CO)c1c[nH]nn1. The van der Waals surface area contributed by atoms with Crippen molar-refractivity contribution in [1.82, 2.24) is 15.4 Å². The van der Waals surface area contributed by atoms with Gasteiger partial charge in [0.15, 0.2) is 0 Å². The van der Waals surface area contributed by atoms with Gasteiger partial charge in [-0.05, 0) is 5.57 Å². The van der Waals surface area contributed by atoms with Gasteiger partial charge >= 0.3 is 0 Å². The third-order valence-electron chi connectivity index (χ3n) is 0.970. The number of H-pyrrole nitrogens is 1. The van der Waals surface area contributed by atoms with Crippen molar-refractivity contribution in [3.63, 3.8) is 0 Å². The molecule has 0 unspecified atom stereocenters. The molecule has 9 heavy (non-hydrogen) atoms. The quantitative estimate of drug-likeness (QED) is 0.576. The van der Waals surface area contributed by atoms with Crippen LogP contribution < -0.4 is 0 Å². The van der Waals surface area contributed by atoms with Crippen molar-refractivity contribution < 1.29 is 5.11 Å². The molecule has 0 aliphatic heterocycles. The first-order valence-electron chi connectivity index (χ1n) is 2.50. The molecule has 2 N–H and O–H groups in total. The minimum atomic E-state index is -0.0769. The van der Waals surface area contributed by atoms with E-state index in [0.717, 1.165) is 0 Å². The van der Waals surface area contributed by atoms with Crippen LogP contribution >= 0.6 is 0 Å². The summed E-state index contributed by atoms with van der Waals surface area (Å²) in [6, 6.07) is 0. The number of aromatic nitrogens is 3. The molecule has 0 amide bonds. The molecule has 0 aromatic carbocycles. The van der Waals surface area contributed by atoms with Crippen molar-refractivity contribution in [3.05, 3.63) is 18.5 Å². The van der Waals surface area contributed by atoms with Crippen molar-refractivity contribution in [2.24, 2.45) is 0 Å². The zero-order valence-electron chi connectivity index (χ0n) is 4.83. The average molecular weight is 125 g/mol. The third kappa shape index (κ3) is 1.14. The lowest BCUT2D eigenvalue weighted by Gasteiger charge is -1.90. The fraction of sp³-hybridized carbons (Fsp3) is 0.200. The Hall–Kier alpha value is -1.16. The van der Waals surface area contributed by atoms with Crippen LogP contribution in [0.15, 0.2) is 12.8 Å². The molecule has 1 aromatic heterocycles. The van der Waals surface area contributed by atoms with Gasteiger partial charge in [-0.3, -0.25) is 5.10 Å². The summed E-state index contributed by atoms with van der Waals surface area (Å²) in [6.45, 7) is 3.47. The summed E-state index contributed by atoms with van der Waals surface area (Å²) in [7, 11) is 0. The van der Waals surface area contributed by atoms with Crippen molar-refractivity contribution in [2.75, 3.05) is 6.61 Å². The first kappa shape index (κ1) is 5.97. The highest BCUT2D eigenvalue weighted by Gasteiger charge is 1.97. The van der Waals surface area contributed by atoms with Gasteiger partial charge in [0, 0.05) is 6.20 Å². The average Bonchev–Trinajstić information content (AvgIpc) is 2.37. The van der Waals surface area contributed by atoms with E-state index >= 15 is 0 Å². The molecular weight excluding hydrogens is 118 g/mol. The lowest BCUT2D eigenvalue weighted by atomic mass is 10.2. The Morgan fingerprint density at radius 3 is 3.11 bits per heavy atom. The Morgan fingerprint density at radius 1 is 1.89 bits per heavy atom. The standard InChI is InChI=1S/C5H7N3O/c1-4(3-9)5-2-6-8-7-5/h2,9H,1,3H2,(H,6,7,8). The van der Waals surface area contributed by atoms with Crippen LogP contribution in [0, 0.1) is 0 Å². The van der Waals surface area contributed by atoms with Crippen molar-refractivity contribution in [2.45, 2.75) is 0 Å². The molecular formula is C5H7N3O. The van der Waals surface area contributed by atoms with Gasteiger partial charge in [0.1, 0.15) is 5.69 Å². The summed E-state index contributed by atoms with van der Waals surface area (Å²) < 4.78 is 0. The highest BCUT2D eigenvalue weighted by atomic mass is 16.3. The van der Waals surface area contributed by atoms with Crippen molar-refractivity contribution in [3.8, 4) is 0 Å². The first-order valence-corrected chi connectivity index (χ1v) is 2.50. The fourth-order valence-corrected chi connectivity index (χ4v) is 0.455. The van der Waals surface area contributed by atoms with Gasteiger partial charge in [-0.25, -0.2) is 0 Å². The second kappa shape index (κ2) is 2.41. The minimum absolute atomic E-state index is 0.0769. The van der Waals surface area contributed by atoms with Crippen LogP contribution in [0.2, 0.25) is 0 Å². The largest absolute Gasteiger partial charge is 0.392 e. The van der Waals surface area contributed by atoms with Crippen molar-refractivity contribution in [1.29, 1.82) is 0 Å². The molecule has 0 spiro atoms. The van der Waals surface area contributed by atoms with E-state index in [2.05, 4.69) is 22.0 Å². The molecule has 48 valence electrons. The molecule has 0 aliphatic carbocycles. The number of hydrogen-bond acceptors (Lipinski definition) is 3. The van der Waals surface area contributed by atoms with Crippen LogP contribution in [0.25, 0.3) is 5.57 Å². The molecule has 1 heterocycles. The third-order valence-corrected chi connectivity index (χ3v) is 0.970. The zero-order chi connectivity index (χ0) is 6.69. The molecule has 0 radical (unpaired) electrons. The van der Waals surface area contributed by atoms with Gasteiger partial charge in [-0.1, -0.05) is 11.8 Å². The van der Waals surface area contributed by atoms with E-state index in [1.165, 1.54) is 0 Å². The summed E-state index contributed by atoms with van der Waals surface area (Å²) in [4.78, 5) is 0. The number of nitrogens with one attached hydrogen (secondary N) is 1. The van der Waals surface area contributed by atoms with Gasteiger partial charge in [0.25, 0.3) is 0 Å². The summed E-state index contributed by atoms with van der Waals surface area (Å²) in [5, 5.41) is 18.1. The van der Waals surface area contributed by atoms with Crippen LogP contribution in [-0.2, 0) is 0 Å². The molecule has 0 saturated carbocycles. The molecule has 4 nitrogen and oxygen atoms in total. The van der Waals surface area contributed by atoms with E-state index in [1.807, 2.05) is 0 Å². The Bertz CT molecular complexity index is 192. The monoisotopic (exact) mass is 125 g/mol. The summed E-state index contributed by atoms with van der Waals surface area (Å²) in [5.74, 6) is 0. The van der Waals surface area contributed by atoms with E-state index in [-0.39, 0.29) is 6.61 Å². The first-order chi connectivity index (χ1) is 4.34.